The number of nitrogens with one attached hydrogen (secondary N) is 2. The van der Waals surface area contributed by atoms with Crippen LogP contribution in [-0.2, 0) is 18.9 Å². The van der Waals surface area contributed by atoms with E-state index in [1.807, 2.05) is 66.7 Å². The van der Waals surface area contributed by atoms with Crippen molar-refractivity contribution in [1.82, 2.24) is 19.5 Å². The Balaban J connectivity index is 0.997. The lowest BCUT2D eigenvalue weighted by atomic mass is 9.97. The van der Waals surface area contributed by atoms with Crippen LogP contribution in [0.5, 0.6) is 0 Å². The Hall–Kier alpha value is -4.88. The first kappa shape index (κ1) is 27.7. The molecule has 0 radical (unpaired) electrons. The third-order valence-electron chi connectivity index (χ3n) is 8.70. The van der Waals surface area contributed by atoms with Gasteiger partial charge in [0, 0.05) is 11.5 Å². The number of benzene rings is 3. The second kappa shape index (κ2) is 11.2. The van der Waals surface area contributed by atoms with Gasteiger partial charge in [0.1, 0.15) is 24.9 Å². The van der Waals surface area contributed by atoms with Crippen LogP contribution < -0.4 is 10.9 Å². The van der Waals surface area contributed by atoms with Gasteiger partial charge in [0.2, 0.25) is 5.95 Å². The summed E-state index contributed by atoms with van der Waals surface area (Å²) >= 11 is 0. The molecular formula is C33H29N5O7. The maximum absolute atomic E-state index is 12.9. The van der Waals surface area contributed by atoms with E-state index < -0.39 is 42.3 Å². The zero-order valence-corrected chi connectivity index (χ0v) is 23.9. The second-order valence-electron chi connectivity index (χ2n) is 11.3. The van der Waals surface area contributed by atoms with Crippen molar-refractivity contribution < 1.29 is 28.8 Å². The van der Waals surface area contributed by atoms with Crippen molar-refractivity contribution >= 4 is 23.2 Å². The van der Waals surface area contributed by atoms with Gasteiger partial charge in [-0.05, 0) is 22.3 Å². The fraction of sp³-hybridized carbons (Fsp3) is 0.273. The molecule has 2 saturated heterocycles. The minimum Gasteiger partial charge on any atom is -0.448 e. The molecule has 5 aromatic rings. The summed E-state index contributed by atoms with van der Waals surface area (Å²) in [6.07, 6.45) is -2.17. The Morgan fingerprint density at radius 2 is 1.69 bits per heavy atom. The quantitative estimate of drug-likeness (QED) is 0.270. The lowest BCUT2D eigenvalue weighted by Crippen LogP contribution is -2.56. The average Bonchev–Trinajstić information content (AvgIpc) is 3.64. The van der Waals surface area contributed by atoms with Crippen molar-refractivity contribution in [3.8, 4) is 11.1 Å². The summed E-state index contributed by atoms with van der Waals surface area (Å²) in [6.45, 7) is 0.469. The van der Waals surface area contributed by atoms with E-state index in [1.165, 1.54) is 6.33 Å². The molecule has 3 aliphatic rings. The second-order valence-corrected chi connectivity index (χ2v) is 11.3. The van der Waals surface area contributed by atoms with Gasteiger partial charge in [0.05, 0.1) is 25.6 Å². The van der Waals surface area contributed by atoms with E-state index >= 15 is 0 Å². The normalized spacial score (nSPS) is 24.1. The molecule has 5 atom stereocenters. The van der Waals surface area contributed by atoms with Crippen LogP contribution in [-0.4, -0.2) is 68.9 Å². The van der Waals surface area contributed by atoms with E-state index in [4.69, 9.17) is 18.9 Å². The fourth-order valence-corrected chi connectivity index (χ4v) is 6.52. The lowest BCUT2D eigenvalue weighted by molar-refractivity contribution is -0.306. The minimum atomic E-state index is -1.02. The van der Waals surface area contributed by atoms with Gasteiger partial charge in [0.15, 0.2) is 17.5 Å². The number of imidazole rings is 1. The van der Waals surface area contributed by atoms with Gasteiger partial charge >= 0.3 is 6.09 Å². The number of aromatic nitrogens is 4. The molecule has 12 nitrogen and oxygen atoms in total. The number of fused-ring (bicyclic) bond motifs is 5. The Bertz CT molecular complexity index is 1900. The van der Waals surface area contributed by atoms with Crippen LogP contribution in [0.25, 0.3) is 22.3 Å². The summed E-state index contributed by atoms with van der Waals surface area (Å²) in [6, 6.07) is 24.9. The summed E-state index contributed by atoms with van der Waals surface area (Å²) in [4.78, 5) is 37.1. The number of rotatable bonds is 5. The Labute approximate surface area is 256 Å². The molecule has 1 aliphatic carbocycles. The first-order valence-corrected chi connectivity index (χ1v) is 14.8. The van der Waals surface area contributed by atoms with Crippen molar-refractivity contribution in [3.63, 3.8) is 0 Å². The predicted molar refractivity (Wildman–Crippen MR) is 162 cm³/mol. The van der Waals surface area contributed by atoms with Gasteiger partial charge in [-0.2, -0.15) is 4.98 Å². The Kier molecular flexibility index (Phi) is 6.91. The molecule has 3 N–H and O–H groups in total. The molecule has 2 aliphatic heterocycles. The number of amides is 1. The Morgan fingerprint density at radius 3 is 2.44 bits per heavy atom. The van der Waals surface area contributed by atoms with Crippen LogP contribution in [0.1, 0.15) is 34.9 Å². The van der Waals surface area contributed by atoms with Gasteiger partial charge in [0.25, 0.3) is 5.56 Å². The summed E-state index contributed by atoms with van der Waals surface area (Å²) in [5, 5.41) is 14.0. The van der Waals surface area contributed by atoms with Crippen LogP contribution in [0.15, 0.2) is 90.0 Å². The zero-order chi connectivity index (χ0) is 30.5. The van der Waals surface area contributed by atoms with Crippen molar-refractivity contribution in [2.45, 2.75) is 36.6 Å². The summed E-state index contributed by atoms with van der Waals surface area (Å²) in [7, 11) is 0. The van der Waals surface area contributed by atoms with E-state index in [0.29, 0.717) is 0 Å². The van der Waals surface area contributed by atoms with Crippen molar-refractivity contribution in [2.75, 3.05) is 25.1 Å². The highest BCUT2D eigenvalue weighted by atomic mass is 16.7. The lowest BCUT2D eigenvalue weighted by Gasteiger charge is -2.45. The van der Waals surface area contributed by atoms with Gasteiger partial charge in [-0.1, -0.05) is 78.9 Å². The number of aliphatic hydroxyl groups excluding tert-OH is 1. The number of hydrogen-bond donors (Lipinski definition) is 3. The van der Waals surface area contributed by atoms with Gasteiger partial charge in [-0.3, -0.25) is 15.1 Å². The number of hydrogen-bond acceptors (Lipinski definition) is 9. The molecule has 0 bridgehead atoms. The molecule has 12 heteroatoms. The molecule has 0 saturated carbocycles. The molecule has 4 heterocycles. The molecule has 2 aromatic heterocycles. The molecule has 3 aromatic carbocycles. The number of H-pyrrole nitrogens is 1. The third kappa shape index (κ3) is 4.88. The first-order chi connectivity index (χ1) is 22.0. The number of anilines is 1. The molecule has 0 spiro atoms. The standard InChI is InChI=1S/C33H29N5O7/c39-27-24(15-42-25-16-43-31(45-28(25)27)18-8-2-1-3-9-18)38-17-34-26-29(38)35-32(36-30(26)40)37-33(41)44-14-23-21-12-6-4-10-19(21)20-11-5-7-13-22(20)23/h1-13,17,23-25,27-28,31,39H,14-16H2,(H2,35,36,37,40,41)/t24-,25-,27+,28-,31-/m1/s1. The van der Waals surface area contributed by atoms with Crippen LogP contribution in [0.4, 0.5) is 10.7 Å². The van der Waals surface area contributed by atoms with Gasteiger partial charge < -0.3 is 28.6 Å². The molecule has 0 unspecified atom stereocenters. The molecule has 8 rings (SSSR count). The highest BCUT2D eigenvalue weighted by Crippen LogP contribution is 2.44. The monoisotopic (exact) mass is 607 g/mol. The van der Waals surface area contributed by atoms with Crippen LogP contribution in [0, 0.1) is 0 Å². The first-order valence-electron chi connectivity index (χ1n) is 14.8. The van der Waals surface area contributed by atoms with Gasteiger partial charge in [-0.15, -0.1) is 0 Å². The smallest absolute Gasteiger partial charge is 0.414 e. The third-order valence-corrected chi connectivity index (χ3v) is 8.70. The minimum absolute atomic E-state index is 0.0532. The highest BCUT2D eigenvalue weighted by molar-refractivity contribution is 5.84. The SMILES string of the molecule is O=C(Nc1nc2c(ncn2[C@@H]2CO[C@@H]3CO[C@@H](c4ccccc4)O[C@H]3[C@H]2O)c(=O)[nH]1)OCC1c2ccccc2-c2ccccc21. The largest absolute Gasteiger partial charge is 0.448 e. The average molecular weight is 608 g/mol. The predicted octanol–water partition coefficient (Wildman–Crippen LogP) is 3.90. The van der Waals surface area contributed by atoms with E-state index in [-0.39, 0.29) is 42.9 Å². The summed E-state index contributed by atoms with van der Waals surface area (Å²) < 4.78 is 25.2. The summed E-state index contributed by atoms with van der Waals surface area (Å²) in [5.74, 6) is -0.230. The van der Waals surface area contributed by atoms with Crippen LogP contribution >= 0.6 is 0 Å². The fourth-order valence-electron chi connectivity index (χ4n) is 6.52. The van der Waals surface area contributed by atoms with Gasteiger partial charge in [-0.25, -0.2) is 9.78 Å². The number of carbonyl (C=O) groups excluding carboxylic acids is 1. The van der Waals surface area contributed by atoms with E-state index in [1.54, 1.807) is 4.57 Å². The topological polar surface area (TPSA) is 150 Å². The van der Waals surface area contributed by atoms with Crippen molar-refractivity contribution in [1.29, 1.82) is 0 Å². The highest BCUT2D eigenvalue weighted by Gasteiger charge is 2.46. The zero-order valence-electron chi connectivity index (χ0n) is 23.9. The number of nitrogens with zero attached hydrogens (tertiary/aromatic N) is 3. The maximum atomic E-state index is 12.9. The van der Waals surface area contributed by atoms with Crippen LogP contribution in [0.3, 0.4) is 0 Å². The number of aromatic amines is 1. The molecule has 1 amide bonds. The van der Waals surface area contributed by atoms with Crippen molar-refractivity contribution in [3.05, 3.63) is 112 Å². The molecular weight excluding hydrogens is 578 g/mol. The molecule has 2 fully saturated rings. The summed E-state index contributed by atoms with van der Waals surface area (Å²) in [5.41, 5.74) is 4.91. The molecule has 228 valence electrons. The Morgan fingerprint density at radius 1 is 0.978 bits per heavy atom. The van der Waals surface area contributed by atoms with Crippen LogP contribution in [0.2, 0.25) is 0 Å². The number of aliphatic hydroxyl groups is 1. The maximum Gasteiger partial charge on any atom is 0.414 e. The van der Waals surface area contributed by atoms with E-state index in [9.17, 15) is 14.7 Å². The van der Waals surface area contributed by atoms with E-state index in [2.05, 4.69) is 32.4 Å². The van der Waals surface area contributed by atoms with E-state index in [0.717, 1.165) is 27.8 Å². The molecule has 45 heavy (non-hydrogen) atoms. The van der Waals surface area contributed by atoms with Crippen molar-refractivity contribution in [2.24, 2.45) is 0 Å². The number of carbonyl (C=O) groups is 1. The number of ether oxygens (including phenoxy) is 4.